The fourth-order valence-corrected chi connectivity index (χ4v) is 8.58. The highest BCUT2D eigenvalue weighted by Gasteiger charge is 2.36. The van der Waals surface area contributed by atoms with Gasteiger partial charge in [0.05, 0.1) is 12.6 Å². The average Bonchev–Trinajstić information content (AvgIpc) is 3.40. The topological polar surface area (TPSA) is 589 Å². The van der Waals surface area contributed by atoms with Crippen LogP contribution in [-0.4, -0.2) is 176 Å². The molecular weight excluding hydrogens is 1150 g/mol. The van der Waals surface area contributed by atoms with E-state index in [2.05, 4.69) is 80.4 Å². The van der Waals surface area contributed by atoms with Crippen molar-refractivity contribution in [2.24, 2.45) is 101 Å². The Morgan fingerprint density at radius 2 is 0.678 bits per heavy atom. The Morgan fingerprint density at radius 1 is 0.391 bits per heavy atom. The Balaban J connectivity index is 6.80. The summed E-state index contributed by atoms with van der Waals surface area (Å²) in [6.45, 7) is 14.1. The van der Waals surface area contributed by atoms with Crippen LogP contribution in [0.4, 0.5) is 0 Å². The van der Waals surface area contributed by atoms with Crippen molar-refractivity contribution in [1.82, 2.24) is 47.9 Å². The summed E-state index contributed by atoms with van der Waals surface area (Å²) >= 11 is 4.08. The first-order valence-corrected chi connectivity index (χ1v) is 29.9. The molecule has 10 atom stereocenters. The minimum Gasteiger partial charge on any atom is -0.370 e. The molecule has 87 heavy (non-hydrogen) atoms. The molecule has 0 fully saturated rings. The number of thiol groups is 1. The predicted molar refractivity (Wildman–Crippen MR) is 337 cm³/mol. The Kier molecular flexibility index (Phi) is 38.9. The van der Waals surface area contributed by atoms with Crippen LogP contribution in [0.3, 0.4) is 0 Å². The van der Waals surface area contributed by atoms with Crippen LogP contribution in [0.15, 0.2) is 20.0 Å². The van der Waals surface area contributed by atoms with Crippen molar-refractivity contribution in [3.8, 4) is 0 Å². The number of guanidine groups is 4. The van der Waals surface area contributed by atoms with Crippen LogP contribution >= 0.6 is 12.6 Å². The fourth-order valence-electron chi connectivity index (χ4n) is 8.42. The van der Waals surface area contributed by atoms with Gasteiger partial charge in [-0.3, -0.25) is 67.9 Å². The van der Waals surface area contributed by atoms with Gasteiger partial charge >= 0.3 is 0 Å². The molecule has 33 nitrogen and oxygen atoms in total. The number of carbonyl (C=O) groups is 10. The monoisotopic (exact) mass is 1250 g/mol. The van der Waals surface area contributed by atoms with Gasteiger partial charge in [-0.05, 0) is 94.3 Å². The van der Waals surface area contributed by atoms with E-state index in [1.54, 1.807) is 27.7 Å². The van der Waals surface area contributed by atoms with Gasteiger partial charge < -0.3 is 105 Å². The van der Waals surface area contributed by atoms with Gasteiger partial charge in [0.25, 0.3) is 0 Å². The number of primary amides is 1. The van der Waals surface area contributed by atoms with Gasteiger partial charge in [-0.1, -0.05) is 61.8 Å². The Morgan fingerprint density at radius 3 is 0.989 bits per heavy atom. The average molecular weight is 1250 g/mol. The van der Waals surface area contributed by atoms with Crippen molar-refractivity contribution in [2.45, 2.75) is 187 Å². The Hall–Kier alpha value is -7.91. The summed E-state index contributed by atoms with van der Waals surface area (Å²) in [5.41, 5.74) is 55.1. The molecule has 0 saturated carbocycles. The van der Waals surface area contributed by atoms with Gasteiger partial charge in [0.15, 0.2) is 23.8 Å². The largest absolute Gasteiger partial charge is 0.370 e. The minimum absolute atomic E-state index is 0.00936. The highest BCUT2D eigenvalue weighted by molar-refractivity contribution is 7.80. The van der Waals surface area contributed by atoms with E-state index in [-0.39, 0.29) is 144 Å². The highest BCUT2D eigenvalue weighted by atomic mass is 32.1. The molecule has 0 aliphatic rings. The van der Waals surface area contributed by atoms with Crippen molar-refractivity contribution in [3.63, 3.8) is 0 Å². The first-order valence-electron chi connectivity index (χ1n) is 29.3. The maximum Gasteiger partial charge on any atom is 0.243 e. The molecule has 29 N–H and O–H groups in total. The Labute approximate surface area is 515 Å². The van der Waals surface area contributed by atoms with Crippen LogP contribution in [-0.2, 0) is 47.9 Å². The molecule has 0 rings (SSSR count). The fraction of sp³-hybridized carbons (Fsp3) is 0.736. The summed E-state index contributed by atoms with van der Waals surface area (Å²) in [5, 5.41) is 23.9. The number of nitrogens with two attached hydrogens (primary N) is 10. The standard InChI is InChI=1S/C53H103N23O10S/c1-9-30(8)40(49(86)68-25-39(77)69-33(15-11-19-65-51(58)59)43(80)70-32(41(55)78)14-10-18-64-50(56)57)76-45(82)35(17-13-21-67-53(62)63)72-46(83)36(22-27(2)3)74-48(85)38(24-29(6)7)75-47(84)37(23-28(4)5)73-44(81)34(16-12-20-66-52(60)61)71-42(79)31(54)26-87/h27-38,40,87H,9-26,54H2,1-8H3,(H2,55,78)(H,68,86)(H,69,77)(H,70,80)(H,71,79)(H,72,83)(H,73,81)(H,74,85)(H,75,84)(H,76,82)(H4,56,57,64)(H4,58,59,65)(H4,60,61,66)(H4,62,63,67)/t30-,31-,32-,33-,34-,35-,36-,37-,38-,40-/m0/s1. The van der Waals surface area contributed by atoms with Gasteiger partial charge in [-0.2, -0.15) is 12.6 Å². The molecule has 0 aromatic heterocycles. The van der Waals surface area contributed by atoms with E-state index in [0.717, 1.165) is 0 Å². The quantitative estimate of drug-likeness (QED) is 0.0117. The highest BCUT2D eigenvalue weighted by Crippen LogP contribution is 2.15. The lowest BCUT2D eigenvalue weighted by molar-refractivity contribution is -0.136. The first-order chi connectivity index (χ1) is 40.7. The lowest BCUT2D eigenvalue weighted by atomic mass is 9.97. The van der Waals surface area contributed by atoms with Crippen LogP contribution in [0.25, 0.3) is 0 Å². The second-order valence-corrected chi connectivity index (χ2v) is 22.8. The van der Waals surface area contributed by atoms with E-state index >= 15 is 0 Å². The van der Waals surface area contributed by atoms with Crippen molar-refractivity contribution in [3.05, 3.63) is 0 Å². The summed E-state index contributed by atoms with van der Waals surface area (Å²) in [7, 11) is 0. The molecule has 10 amide bonds. The van der Waals surface area contributed by atoms with Crippen molar-refractivity contribution in [1.29, 1.82) is 0 Å². The third-order valence-electron chi connectivity index (χ3n) is 13.1. The van der Waals surface area contributed by atoms with Gasteiger partial charge in [0.2, 0.25) is 59.1 Å². The summed E-state index contributed by atoms with van der Waals surface area (Å²) in [5.74, 6) is -9.49. The summed E-state index contributed by atoms with van der Waals surface area (Å²) < 4.78 is 0. The third kappa shape index (κ3) is 35.4. The molecule has 0 bridgehead atoms. The van der Waals surface area contributed by atoms with Gasteiger partial charge in [-0.25, -0.2) is 0 Å². The summed E-state index contributed by atoms with van der Waals surface area (Å²) in [6.07, 6.45) is 1.59. The van der Waals surface area contributed by atoms with Crippen LogP contribution in [0.2, 0.25) is 0 Å². The SMILES string of the molecule is CC[C@H](C)[C@H](NC(=O)[C@H](CCCN=C(N)N)NC(=O)[C@H](CC(C)C)NC(=O)[C@H](CC(C)C)NC(=O)[C@H](CC(C)C)NC(=O)[C@H](CCCN=C(N)N)NC(=O)[C@@H](N)CS)C(=O)NCC(=O)N[C@@H](CCCN=C(N)N)C(=O)N[C@@H](CCCN=C(N)N)C(N)=O. The van der Waals surface area contributed by atoms with Crippen LogP contribution in [0.1, 0.15) is 132 Å². The number of nitrogens with one attached hydrogen (secondary N) is 9. The second-order valence-electron chi connectivity index (χ2n) is 22.5. The van der Waals surface area contributed by atoms with Crippen LogP contribution in [0.5, 0.6) is 0 Å². The van der Waals surface area contributed by atoms with Gasteiger partial charge in [0, 0.05) is 31.9 Å². The lowest BCUT2D eigenvalue weighted by Crippen LogP contribution is -2.60. The number of nitrogens with zero attached hydrogens (tertiary/aromatic N) is 4. The van der Waals surface area contributed by atoms with E-state index in [1.807, 2.05) is 27.7 Å². The zero-order valence-electron chi connectivity index (χ0n) is 51.8. The van der Waals surface area contributed by atoms with E-state index in [1.165, 1.54) is 0 Å². The molecule has 0 aliphatic heterocycles. The van der Waals surface area contributed by atoms with Gasteiger partial charge in [-0.15, -0.1) is 0 Å². The molecule has 0 unspecified atom stereocenters. The van der Waals surface area contributed by atoms with E-state index < -0.39 is 126 Å². The van der Waals surface area contributed by atoms with Crippen molar-refractivity contribution in [2.75, 3.05) is 38.5 Å². The van der Waals surface area contributed by atoms with E-state index in [0.29, 0.717) is 6.42 Å². The normalized spacial score (nSPS) is 14.5. The molecule has 496 valence electrons. The molecular formula is C53H103N23O10S. The van der Waals surface area contributed by atoms with E-state index in [4.69, 9.17) is 57.3 Å². The zero-order valence-corrected chi connectivity index (χ0v) is 52.7. The summed E-state index contributed by atoms with van der Waals surface area (Å²) in [6, 6.07) is -11.0. The van der Waals surface area contributed by atoms with E-state index in [9.17, 15) is 47.9 Å². The number of hydrogen-bond donors (Lipinski definition) is 20. The third-order valence-corrected chi connectivity index (χ3v) is 13.5. The maximum absolute atomic E-state index is 14.5. The smallest absolute Gasteiger partial charge is 0.243 e. The first kappa shape index (κ1) is 79.1. The minimum atomic E-state index is -1.35. The summed E-state index contributed by atoms with van der Waals surface area (Å²) in [4.78, 5) is 153. The molecule has 0 spiro atoms. The van der Waals surface area contributed by atoms with Crippen molar-refractivity contribution >= 4 is 95.5 Å². The second kappa shape index (κ2) is 42.8. The maximum atomic E-state index is 14.5. The molecule has 0 heterocycles. The molecule has 0 aliphatic carbocycles. The molecule has 0 aromatic rings. The molecule has 0 aromatic carbocycles. The number of rotatable bonds is 44. The zero-order chi connectivity index (χ0) is 66.5. The lowest BCUT2D eigenvalue weighted by Gasteiger charge is -2.29. The number of amides is 10. The predicted octanol–water partition coefficient (Wildman–Crippen LogP) is -5.88. The number of hydrogen-bond acceptors (Lipinski definition) is 16. The van der Waals surface area contributed by atoms with Crippen LogP contribution in [0, 0.1) is 23.7 Å². The number of aliphatic imine (C=N–C) groups is 4. The van der Waals surface area contributed by atoms with Crippen LogP contribution < -0.4 is 105 Å². The van der Waals surface area contributed by atoms with Gasteiger partial charge in [0.1, 0.15) is 48.3 Å². The molecule has 0 saturated heterocycles. The Bertz CT molecular complexity index is 2340. The molecule has 34 heteroatoms. The molecule has 0 radical (unpaired) electrons. The number of carbonyl (C=O) groups excluding carboxylic acids is 10. The van der Waals surface area contributed by atoms with Crippen molar-refractivity contribution < 1.29 is 47.9 Å².